The van der Waals surface area contributed by atoms with Crippen molar-refractivity contribution in [1.29, 1.82) is 0 Å². The smallest absolute Gasteiger partial charge is 0.271 e. The molecule has 0 fully saturated rings. The molecule has 5 rings (SSSR count). The summed E-state index contributed by atoms with van der Waals surface area (Å²) in [6, 6.07) is 12.9. The van der Waals surface area contributed by atoms with Gasteiger partial charge in [-0.15, -0.1) is 0 Å². The molecule has 0 spiro atoms. The minimum atomic E-state index is -0.174. The van der Waals surface area contributed by atoms with Crippen LogP contribution < -0.4 is 16.0 Å². The summed E-state index contributed by atoms with van der Waals surface area (Å²) in [5.41, 5.74) is 5.26. The van der Waals surface area contributed by atoms with Gasteiger partial charge in [-0.3, -0.25) is 19.7 Å². The first-order valence-electron chi connectivity index (χ1n) is 12.1. The van der Waals surface area contributed by atoms with Crippen molar-refractivity contribution in [3.05, 3.63) is 78.1 Å². The van der Waals surface area contributed by atoms with Crippen molar-refractivity contribution in [2.75, 3.05) is 30.3 Å². The minimum absolute atomic E-state index is 0.155. The molecule has 0 saturated carbocycles. The van der Waals surface area contributed by atoms with E-state index in [9.17, 15) is 4.79 Å². The number of rotatable bonds is 9. The number of amides is 1. The van der Waals surface area contributed by atoms with E-state index < -0.39 is 0 Å². The van der Waals surface area contributed by atoms with Crippen molar-refractivity contribution in [2.24, 2.45) is 0 Å². The highest BCUT2D eigenvalue weighted by molar-refractivity contribution is 5.91. The lowest BCUT2D eigenvalue weighted by molar-refractivity contribution is 0.0946. The van der Waals surface area contributed by atoms with Crippen molar-refractivity contribution in [3.63, 3.8) is 0 Å². The molecule has 1 aromatic carbocycles. The van der Waals surface area contributed by atoms with Gasteiger partial charge in [0.1, 0.15) is 11.9 Å². The largest absolute Gasteiger partial charge is 0.363 e. The fourth-order valence-electron chi connectivity index (χ4n) is 4.94. The maximum atomic E-state index is 12.2. The van der Waals surface area contributed by atoms with Crippen molar-refractivity contribution in [1.82, 2.24) is 25.2 Å². The number of anilines is 2. The van der Waals surface area contributed by atoms with Gasteiger partial charge in [0.25, 0.3) is 5.91 Å². The zero-order valence-electron chi connectivity index (χ0n) is 19.3. The molecule has 34 heavy (non-hydrogen) atoms. The number of unbranched alkanes of at least 4 members (excludes halogenated alkanes) is 1. The predicted octanol–water partition coefficient (Wildman–Crippen LogP) is 3.62. The van der Waals surface area contributed by atoms with Gasteiger partial charge in [0.05, 0.1) is 29.3 Å². The third-order valence-corrected chi connectivity index (χ3v) is 6.56. The fraction of sp³-hybridized carbons (Fsp3) is 0.385. The third-order valence-electron chi connectivity index (χ3n) is 6.56. The van der Waals surface area contributed by atoms with Gasteiger partial charge in [0.2, 0.25) is 0 Å². The lowest BCUT2D eigenvalue weighted by Crippen LogP contribution is -2.42. The van der Waals surface area contributed by atoms with Gasteiger partial charge < -0.3 is 16.0 Å². The number of hydrogen-bond acceptors (Lipinski definition) is 7. The van der Waals surface area contributed by atoms with Crippen molar-refractivity contribution >= 4 is 17.3 Å². The summed E-state index contributed by atoms with van der Waals surface area (Å²) < 4.78 is 0. The number of aromatic nitrogens is 3. The van der Waals surface area contributed by atoms with Gasteiger partial charge in [0.15, 0.2) is 0 Å². The van der Waals surface area contributed by atoms with Crippen LogP contribution in [-0.4, -0.2) is 51.6 Å². The van der Waals surface area contributed by atoms with Gasteiger partial charge in [-0.1, -0.05) is 18.2 Å². The number of carbonyl (C=O) groups excluding carboxylic acids is 1. The Morgan fingerprint density at radius 1 is 1.03 bits per heavy atom. The van der Waals surface area contributed by atoms with E-state index in [4.69, 9.17) is 4.98 Å². The number of pyridine rings is 1. The van der Waals surface area contributed by atoms with E-state index in [1.165, 1.54) is 30.1 Å². The summed E-state index contributed by atoms with van der Waals surface area (Å²) in [6.45, 7) is 2.44. The van der Waals surface area contributed by atoms with Gasteiger partial charge in [0, 0.05) is 31.7 Å². The predicted molar refractivity (Wildman–Crippen MR) is 133 cm³/mol. The normalized spacial score (nSPS) is 16.9. The summed E-state index contributed by atoms with van der Waals surface area (Å²) in [5, 5.41) is 10.2. The Labute approximate surface area is 200 Å². The summed E-state index contributed by atoms with van der Waals surface area (Å²) >= 11 is 0. The van der Waals surface area contributed by atoms with Crippen LogP contribution in [0.1, 0.15) is 53.5 Å². The quantitative estimate of drug-likeness (QED) is 0.423. The van der Waals surface area contributed by atoms with E-state index in [2.05, 4.69) is 61.2 Å². The average Bonchev–Trinajstić information content (AvgIpc) is 3.30. The first-order valence-corrected chi connectivity index (χ1v) is 12.1. The van der Waals surface area contributed by atoms with Crippen molar-refractivity contribution in [3.8, 4) is 0 Å². The summed E-state index contributed by atoms with van der Waals surface area (Å²) in [7, 11) is 0. The lowest BCUT2D eigenvalue weighted by atomic mass is 9.90. The second-order valence-electron chi connectivity index (χ2n) is 8.89. The molecule has 0 bridgehead atoms. The molecule has 1 aliphatic carbocycles. The monoisotopic (exact) mass is 457 g/mol. The molecule has 176 valence electrons. The summed E-state index contributed by atoms with van der Waals surface area (Å²) in [4.78, 5) is 27.6. The van der Waals surface area contributed by atoms with E-state index in [0.717, 1.165) is 50.1 Å². The highest BCUT2D eigenvalue weighted by Crippen LogP contribution is 2.34. The van der Waals surface area contributed by atoms with Crippen molar-refractivity contribution in [2.45, 2.75) is 44.3 Å². The van der Waals surface area contributed by atoms with Crippen LogP contribution in [0.25, 0.3) is 0 Å². The molecule has 1 atom stereocenters. The number of nitrogens with zero attached hydrogens (tertiary/aromatic N) is 4. The Morgan fingerprint density at radius 2 is 1.88 bits per heavy atom. The Bertz CT molecular complexity index is 1080. The van der Waals surface area contributed by atoms with Gasteiger partial charge in [-0.05, 0) is 62.4 Å². The maximum Gasteiger partial charge on any atom is 0.271 e. The molecule has 8 nitrogen and oxygen atoms in total. The molecule has 1 aliphatic heterocycles. The van der Waals surface area contributed by atoms with E-state index in [1.807, 2.05) is 12.3 Å². The maximum absolute atomic E-state index is 12.2. The van der Waals surface area contributed by atoms with Gasteiger partial charge in [-0.2, -0.15) is 0 Å². The first kappa shape index (κ1) is 22.3. The standard InChI is InChI=1S/C26H31N7O/c34-26(22-17-27-14-15-28-22)30-12-3-4-16-33(18-24-31-20-9-1-2-10-21(20)32-24)23-11-5-7-19-8-6-13-29-25(19)23/h1-2,6,8-10,13-15,17,23-24,31-32H,3-5,7,11-12,16,18H2,(H,30,34)/t23-/m0/s1. The van der Waals surface area contributed by atoms with Crippen LogP contribution in [0.2, 0.25) is 0 Å². The fourth-order valence-corrected chi connectivity index (χ4v) is 4.94. The molecule has 3 heterocycles. The van der Waals surface area contributed by atoms with E-state index in [0.29, 0.717) is 18.3 Å². The molecule has 0 unspecified atom stereocenters. The van der Waals surface area contributed by atoms with Crippen LogP contribution in [0.3, 0.4) is 0 Å². The number of fused-ring (bicyclic) bond motifs is 2. The van der Waals surface area contributed by atoms with Crippen LogP contribution in [0.5, 0.6) is 0 Å². The number of para-hydroxylation sites is 2. The van der Waals surface area contributed by atoms with Crippen LogP contribution in [0, 0.1) is 0 Å². The highest BCUT2D eigenvalue weighted by atomic mass is 16.1. The van der Waals surface area contributed by atoms with Gasteiger partial charge >= 0.3 is 0 Å². The number of benzene rings is 1. The van der Waals surface area contributed by atoms with Crippen LogP contribution in [-0.2, 0) is 6.42 Å². The summed E-state index contributed by atoms with van der Waals surface area (Å²) in [6.07, 6.45) is 11.9. The highest BCUT2D eigenvalue weighted by Gasteiger charge is 2.30. The Morgan fingerprint density at radius 3 is 2.68 bits per heavy atom. The lowest BCUT2D eigenvalue weighted by Gasteiger charge is -2.36. The second kappa shape index (κ2) is 10.6. The molecule has 0 radical (unpaired) electrons. The topological polar surface area (TPSA) is 95.1 Å². The molecule has 0 saturated heterocycles. The van der Waals surface area contributed by atoms with Gasteiger partial charge in [-0.25, -0.2) is 4.98 Å². The zero-order chi connectivity index (χ0) is 23.2. The molecular weight excluding hydrogens is 426 g/mol. The molecule has 3 N–H and O–H groups in total. The molecule has 1 amide bonds. The number of hydrogen-bond donors (Lipinski definition) is 3. The Hall–Kier alpha value is -3.52. The average molecular weight is 458 g/mol. The number of carbonyl (C=O) groups is 1. The molecular formula is C26H31N7O. The number of aryl methyl sites for hydroxylation is 1. The second-order valence-corrected chi connectivity index (χ2v) is 8.89. The van der Waals surface area contributed by atoms with E-state index >= 15 is 0 Å². The SMILES string of the molecule is O=C(NCCCCN(CC1Nc2ccccc2N1)[C@H]1CCCc2cccnc21)c1cnccn1. The Kier molecular flexibility index (Phi) is 6.95. The van der Waals surface area contributed by atoms with E-state index in [-0.39, 0.29) is 12.1 Å². The first-order chi connectivity index (χ1) is 16.8. The molecule has 3 aromatic rings. The van der Waals surface area contributed by atoms with Crippen molar-refractivity contribution < 1.29 is 4.79 Å². The zero-order valence-corrected chi connectivity index (χ0v) is 19.3. The number of nitrogens with one attached hydrogen (secondary N) is 3. The van der Waals surface area contributed by atoms with Crippen LogP contribution in [0.4, 0.5) is 11.4 Å². The summed E-state index contributed by atoms with van der Waals surface area (Å²) in [5.74, 6) is -0.174. The third kappa shape index (κ3) is 5.17. The molecule has 2 aliphatic rings. The minimum Gasteiger partial charge on any atom is -0.363 e. The van der Waals surface area contributed by atoms with E-state index in [1.54, 1.807) is 6.20 Å². The molecule has 2 aromatic heterocycles. The molecule has 8 heteroatoms. The van der Waals surface area contributed by atoms with Crippen LogP contribution >= 0.6 is 0 Å². The Balaban J connectivity index is 1.20. The van der Waals surface area contributed by atoms with Crippen LogP contribution in [0.15, 0.2) is 61.2 Å².